The lowest BCUT2D eigenvalue weighted by Crippen LogP contribution is -2.41. The Bertz CT molecular complexity index is 1070. The SMILES string of the molecule is COc1cc(C)c([C@H](C)NC(=O)CN(c2cccc(Cl)c2C)S(C)(=O)=O)cc1C(C)C. The molecule has 0 aliphatic carbocycles. The van der Waals surface area contributed by atoms with Crippen LogP contribution in [0.1, 0.15) is 55.0 Å². The number of carbonyl (C=O) groups excluding carboxylic acids is 1. The molecular formula is C23H31ClN2O4S. The predicted molar refractivity (Wildman–Crippen MR) is 127 cm³/mol. The Kier molecular flexibility index (Phi) is 8.00. The van der Waals surface area contributed by atoms with E-state index in [9.17, 15) is 13.2 Å². The van der Waals surface area contributed by atoms with Gasteiger partial charge in [-0.25, -0.2) is 8.42 Å². The van der Waals surface area contributed by atoms with Gasteiger partial charge in [-0.15, -0.1) is 0 Å². The Hall–Kier alpha value is -2.25. The minimum absolute atomic E-state index is 0.253. The van der Waals surface area contributed by atoms with Crippen LogP contribution in [0.15, 0.2) is 30.3 Å². The van der Waals surface area contributed by atoms with Crippen LogP contribution in [0.5, 0.6) is 5.75 Å². The summed E-state index contributed by atoms with van der Waals surface area (Å²) < 4.78 is 31.4. The molecule has 0 bridgehead atoms. The summed E-state index contributed by atoms with van der Waals surface area (Å²) in [7, 11) is -2.05. The van der Waals surface area contributed by atoms with E-state index in [-0.39, 0.29) is 18.5 Å². The smallest absolute Gasteiger partial charge is 0.241 e. The van der Waals surface area contributed by atoms with Gasteiger partial charge in [-0.2, -0.15) is 0 Å². The second-order valence-electron chi connectivity index (χ2n) is 8.05. The van der Waals surface area contributed by atoms with Crippen molar-refractivity contribution in [1.29, 1.82) is 0 Å². The maximum atomic E-state index is 12.8. The Balaban J connectivity index is 2.29. The molecule has 0 aliphatic rings. The van der Waals surface area contributed by atoms with E-state index in [0.29, 0.717) is 16.3 Å². The summed E-state index contributed by atoms with van der Waals surface area (Å²) in [4.78, 5) is 12.8. The minimum Gasteiger partial charge on any atom is -0.496 e. The number of nitrogens with one attached hydrogen (secondary N) is 1. The molecule has 0 unspecified atom stereocenters. The fourth-order valence-electron chi connectivity index (χ4n) is 3.55. The topological polar surface area (TPSA) is 75.7 Å². The summed E-state index contributed by atoms with van der Waals surface area (Å²) in [6.07, 6.45) is 1.08. The molecule has 0 spiro atoms. The normalized spacial score (nSPS) is 12.5. The molecule has 0 aliphatic heterocycles. The number of rotatable bonds is 8. The molecule has 2 aromatic carbocycles. The van der Waals surface area contributed by atoms with Crippen molar-refractivity contribution in [3.05, 3.63) is 57.6 Å². The van der Waals surface area contributed by atoms with Crippen molar-refractivity contribution in [3.8, 4) is 5.75 Å². The Morgan fingerprint density at radius 1 is 1.16 bits per heavy atom. The van der Waals surface area contributed by atoms with Crippen LogP contribution in [0.2, 0.25) is 5.02 Å². The molecule has 0 heterocycles. The van der Waals surface area contributed by atoms with E-state index < -0.39 is 15.9 Å². The van der Waals surface area contributed by atoms with Gasteiger partial charge in [-0.05, 0) is 73.2 Å². The van der Waals surface area contributed by atoms with Crippen LogP contribution in [0.4, 0.5) is 5.69 Å². The zero-order valence-corrected chi connectivity index (χ0v) is 20.7. The number of halogens is 1. The molecule has 31 heavy (non-hydrogen) atoms. The molecule has 6 nitrogen and oxygen atoms in total. The largest absolute Gasteiger partial charge is 0.496 e. The number of benzene rings is 2. The Labute approximate surface area is 190 Å². The van der Waals surface area contributed by atoms with E-state index in [0.717, 1.165) is 33.0 Å². The lowest BCUT2D eigenvalue weighted by atomic mass is 9.93. The molecule has 0 fully saturated rings. The van der Waals surface area contributed by atoms with Crippen molar-refractivity contribution < 1.29 is 17.9 Å². The van der Waals surface area contributed by atoms with E-state index in [2.05, 4.69) is 19.2 Å². The van der Waals surface area contributed by atoms with Gasteiger partial charge in [0.15, 0.2) is 0 Å². The first kappa shape index (κ1) is 25.0. The van der Waals surface area contributed by atoms with E-state index in [4.69, 9.17) is 16.3 Å². The number of methoxy groups -OCH3 is 1. The molecule has 0 saturated carbocycles. The lowest BCUT2D eigenvalue weighted by molar-refractivity contribution is -0.120. The molecule has 0 aromatic heterocycles. The molecule has 0 radical (unpaired) electrons. The van der Waals surface area contributed by atoms with Crippen LogP contribution in [0.3, 0.4) is 0 Å². The maximum Gasteiger partial charge on any atom is 0.241 e. The van der Waals surface area contributed by atoms with Gasteiger partial charge in [0.05, 0.1) is 25.1 Å². The first-order valence-electron chi connectivity index (χ1n) is 10.1. The summed E-state index contributed by atoms with van der Waals surface area (Å²) in [5.74, 6) is 0.664. The van der Waals surface area contributed by atoms with Gasteiger partial charge in [0.2, 0.25) is 15.9 Å². The molecule has 170 valence electrons. The minimum atomic E-state index is -3.69. The van der Waals surface area contributed by atoms with Crippen molar-refractivity contribution in [2.45, 2.75) is 46.6 Å². The quantitative estimate of drug-likeness (QED) is 0.610. The molecule has 1 atom stereocenters. The molecule has 1 N–H and O–H groups in total. The van der Waals surface area contributed by atoms with Crippen LogP contribution >= 0.6 is 11.6 Å². The summed E-state index contributed by atoms with van der Waals surface area (Å²) in [5.41, 5.74) is 3.99. The van der Waals surface area contributed by atoms with Gasteiger partial charge in [-0.1, -0.05) is 31.5 Å². The van der Waals surface area contributed by atoms with E-state index in [1.807, 2.05) is 26.0 Å². The number of amides is 1. The molecule has 1 amide bonds. The van der Waals surface area contributed by atoms with E-state index >= 15 is 0 Å². The Morgan fingerprint density at radius 3 is 2.35 bits per heavy atom. The monoisotopic (exact) mass is 466 g/mol. The number of nitrogens with zero attached hydrogens (tertiary/aromatic N) is 1. The highest BCUT2D eigenvalue weighted by atomic mass is 35.5. The van der Waals surface area contributed by atoms with E-state index in [1.54, 1.807) is 32.2 Å². The average molecular weight is 467 g/mol. The zero-order chi connectivity index (χ0) is 23.5. The first-order valence-corrected chi connectivity index (χ1v) is 12.3. The van der Waals surface area contributed by atoms with Gasteiger partial charge < -0.3 is 10.1 Å². The zero-order valence-electron chi connectivity index (χ0n) is 19.1. The van der Waals surface area contributed by atoms with Gasteiger partial charge in [0.1, 0.15) is 12.3 Å². The average Bonchev–Trinajstić information content (AvgIpc) is 2.67. The summed E-state index contributed by atoms with van der Waals surface area (Å²) in [6.45, 7) is 9.39. The third-order valence-corrected chi connectivity index (χ3v) is 6.82. The third kappa shape index (κ3) is 5.92. The van der Waals surface area contributed by atoms with Crippen LogP contribution in [0, 0.1) is 13.8 Å². The molecular weight excluding hydrogens is 436 g/mol. The van der Waals surface area contributed by atoms with Crippen molar-refractivity contribution in [1.82, 2.24) is 5.32 Å². The van der Waals surface area contributed by atoms with Crippen molar-refractivity contribution in [2.24, 2.45) is 0 Å². The number of anilines is 1. The van der Waals surface area contributed by atoms with Gasteiger partial charge in [0, 0.05) is 5.02 Å². The second-order valence-corrected chi connectivity index (χ2v) is 10.4. The lowest BCUT2D eigenvalue weighted by Gasteiger charge is -2.26. The molecule has 0 saturated heterocycles. The standard InChI is InChI=1S/C23H31ClN2O4S/c1-14(2)18-12-19(15(3)11-22(18)30-6)17(5)25-23(27)13-26(31(7,28)29)21-10-8-9-20(24)16(21)4/h8-12,14,17H,13H2,1-7H3,(H,25,27)/t17-/m0/s1. The van der Waals surface area contributed by atoms with Crippen LogP contribution in [0.25, 0.3) is 0 Å². The fraction of sp³-hybridized carbons (Fsp3) is 0.435. The molecule has 2 aromatic rings. The van der Waals surface area contributed by atoms with Gasteiger partial charge in [0.25, 0.3) is 0 Å². The van der Waals surface area contributed by atoms with Gasteiger partial charge in [-0.3, -0.25) is 9.10 Å². The van der Waals surface area contributed by atoms with Gasteiger partial charge >= 0.3 is 0 Å². The number of aryl methyl sites for hydroxylation is 1. The van der Waals surface area contributed by atoms with Crippen LogP contribution in [-0.2, 0) is 14.8 Å². The number of hydrogen-bond acceptors (Lipinski definition) is 4. The molecule has 2 rings (SSSR count). The van der Waals surface area contributed by atoms with E-state index in [1.165, 1.54) is 0 Å². The number of sulfonamides is 1. The first-order chi connectivity index (χ1) is 14.4. The predicted octanol–water partition coefficient (Wildman–Crippen LogP) is 4.73. The maximum absolute atomic E-state index is 12.8. The van der Waals surface area contributed by atoms with Crippen molar-refractivity contribution in [2.75, 3.05) is 24.2 Å². The van der Waals surface area contributed by atoms with Crippen LogP contribution < -0.4 is 14.4 Å². The number of carbonyl (C=O) groups is 1. The molecule has 8 heteroatoms. The highest BCUT2D eigenvalue weighted by Gasteiger charge is 2.24. The highest BCUT2D eigenvalue weighted by Crippen LogP contribution is 2.32. The fourth-order valence-corrected chi connectivity index (χ4v) is 4.63. The number of ether oxygens (including phenoxy) is 1. The Morgan fingerprint density at radius 2 is 1.81 bits per heavy atom. The summed E-state index contributed by atoms with van der Waals surface area (Å²) >= 11 is 6.16. The second kappa shape index (κ2) is 9.92. The summed E-state index contributed by atoms with van der Waals surface area (Å²) in [6, 6.07) is 8.68. The van der Waals surface area contributed by atoms with Crippen LogP contribution in [-0.4, -0.2) is 34.2 Å². The third-order valence-electron chi connectivity index (χ3n) is 5.28. The number of hydrogen-bond donors (Lipinski definition) is 1. The van der Waals surface area contributed by atoms with Crippen molar-refractivity contribution in [3.63, 3.8) is 0 Å². The van der Waals surface area contributed by atoms with Crippen molar-refractivity contribution >= 4 is 33.2 Å². The summed E-state index contributed by atoms with van der Waals surface area (Å²) in [5, 5.41) is 3.37. The highest BCUT2D eigenvalue weighted by molar-refractivity contribution is 7.92.